The SMILES string of the molecule is O=C(Nc1nc2c(s1)CN(C(=O)C1CCCC1)CC2)C1CCCO1. The lowest BCUT2D eigenvalue weighted by Crippen LogP contribution is -2.38. The normalized spacial score (nSPS) is 24.2. The first-order chi connectivity index (χ1) is 11.7. The monoisotopic (exact) mass is 349 g/mol. The van der Waals surface area contributed by atoms with Crippen molar-refractivity contribution < 1.29 is 14.3 Å². The molecule has 4 rings (SSSR count). The summed E-state index contributed by atoms with van der Waals surface area (Å²) in [5, 5.41) is 3.52. The molecule has 1 aromatic heterocycles. The van der Waals surface area contributed by atoms with Crippen molar-refractivity contribution in [3.05, 3.63) is 10.6 Å². The Kier molecular flexibility index (Phi) is 4.54. The van der Waals surface area contributed by atoms with E-state index in [4.69, 9.17) is 4.74 Å². The second-order valence-electron chi connectivity index (χ2n) is 6.87. The van der Waals surface area contributed by atoms with Crippen LogP contribution in [0.2, 0.25) is 0 Å². The molecule has 1 N–H and O–H groups in total. The van der Waals surface area contributed by atoms with E-state index in [0.717, 1.165) is 49.2 Å². The van der Waals surface area contributed by atoms with Gasteiger partial charge in [-0.2, -0.15) is 0 Å². The lowest BCUT2D eigenvalue weighted by Gasteiger charge is -2.28. The zero-order valence-corrected chi connectivity index (χ0v) is 14.6. The third kappa shape index (κ3) is 3.19. The highest BCUT2D eigenvalue weighted by atomic mass is 32.1. The predicted molar refractivity (Wildman–Crippen MR) is 90.8 cm³/mol. The number of carbonyl (C=O) groups is 2. The molecule has 1 atom stereocenters. The molecular weight excluding hydrogens is 326 g/mol. The van der Waals surface area contributed by atoms with E-state index in [-0.39, 0.29) is 17.9 Å². The molecule has 2 fully saturated rings. The van der Waals surface area contributed by atoms with Crippen LogP contribution in [0.3, 0.4) is 0 Å². The van der Waals surface area contributed by atoms with Crippen LogP contribution in [0.1, 0.15) is 49.1 Å². The predicted octanol–water partition coefficient (Wildman–Crippen LogP) is 2.34. The smallest absolute Gasteiger partial charge is 0.255 e. The van der Waals surface area contributed by atoms with Crippen molar-refractivity contribution in [3.8, 4) is 0 Å². The van der Waals surface area contributed by atoms with Crippen LogP contribution in [-0.4, -0.2) is 41.0 Å². The van der Waals surface area contributed by atoms with Gasteiger partial charge in [-0.1, -0.05) is 24.2 Å². The molecule has 3 heterocycles. The molecule has 0 spiro atoms. The summed E-state index contributed by atoms with van der Waals surface area (Å²) < 4.78 is 5.41. The molecule has 0 aromatic carbocycles. The van der Waals surface area contributed by atoms with Crippen LogP contribution >= 0.6 is 11.3 Å². The van der Waals surface area contributed by atoms with Crippen LogP contribution in [0, 0.1) is 5.92 Å². The first-order valence-electron chi connectivity index (χ1n) is 8.90. The van der Waals surface area contributed by atoms with E-state index >= 15 is 0 Å². The van der Waals surface area contributed by atoms with E-state index in [0.29, 0.717) is 24.2 Å². The number of fused-ring (bicyclic) bond motifs is 1. The van der Waals surface area contributed by atoms with E-state index in [2.05, 4.69) is 10.3 Å². The van der Waals surface area contributed by atoms with Crippen LogP contribution in [0.4, 0.5) is 5.13 Å². The molecule has 0 bridgehead atoms. The lowest BCUT2D eigenvalue weighted by atomic mass is 10.0. The van der Waals surface area contributed by atoms with Crippen molar-refractivity contribution in [1.82, 2.24) is 9.88 Å². The summed E-state index contributed by atoms with van der Waals surface area (Å²) in [5.41, 5.74) is 1.03. The molecule has 1 aromatic rings. The highest BCUT2D eigenvalue weighted by Gasteiger charge is 2.31. The molecule has 0 radical (unpaired) electrons. The van der Waals surface area contributed by atoms with Gasteiger partial charge in [-0.05, 0) is 25.7 Å². The Hall–Kier alpha value is -1.47. The van der Waals surface area contributed by atoms with Crippen LogP contribution in [-0.2, 0) is 27.3 Å². The van der Waals surface area contributed by atoms with Gasteiger partial charge in [0.1, 0.15) is 6.10 Å². The highest BCUT2D eigenvalue weighted by Crippen LogP contribution is 2.32. The van der Waals surface area contributed by atoms with Crippen molar-refractivity contribution >= 4 is 28.3 Å². The van der Waals surface area contributed by atoms with Gasteiger partial charge in [-0.25, -0.2) is 4.98 Å². The van der Waals surface area contributed by atoms with Gasteiger partial charge >= 0.3 is 0 Å². The number of carbonyl (C=O) groups excluding carboxylic acids is 2. The van der Waals surface area contributed by atoms with Gasteiger partial charge < -0.3 is 9.64 Å². The van der Waals surface area contributed by atoms with Crippen molar-refractivity contribution in [3.63, 3.8) is 0 Å². The zero-order valence-electron chi connectivity index (χ0n) is 13.8. The maximum Gasteiger partial charge on any atom is 0.255 e. The Bertz CT molecular complexity index is 633. The van der Waals surface area contributed by atoms with Gasteiger partial charge in [0.05, 0.1) is 12.2 Å². The molecule has 24 heavy (non-hydrogen) atoms. The summed E-state index contributed by atoms with van der Waals surface area (Å²) in [4.78, 5) is 32.4. The molecular formula is C17H23N3O3S. The molecule has 2 amide bonds. The van der Waals surface area contributed by atoms with Gasteiger partial charge in [0.15, 0.2) is 5.13 Å². The molecule has 7 heteroatoms. The number of ether oxygens (including phenoxy) is 1. The van der Waals surface area contributed by atoms with Crippen molar-refractivity contribution in [2.45, 2.75) is 57.6 Å². The third-order valence-electron chi connectivity index (χ3n) is 5.20. The van der Waals surface area contributed by atoms with Gasteiger partial charge in [0, 0.05) is 30.4 Å². The first kappa shape index (κ1) is 16.0. The Morgan fingerprint density at radius 3 is 2.79 bits per heavy atom. The van der Waals surface area contributed by atoms with Crippen molar-refractivity contribution in [2.75, 3.05) is 18.5 Å². The quantitative estimate of drug-likeness (QED) is 0.909. The molecule has 130 valence electrons. The van der Waals surface area contributed by atoms with Crippen molar-refractivity contribution in [1.29, 1.82) is 0 Å². The minimum absolute atomic E-state index is 0.0996. The topological polar surface area (TPSA) is 71.5 Å². The number of aromatic nitrogens is 1. The van der Waals surface area contributed by atoms with Gasteiger partial charge in [0.2, 0.25) is 5.91 Å². The van der Waals surface area contributed by atoms with Crippen LogP contribution in [0.5, 0.6) is 0 Å². The van der Waals surface area contributed by atoms with E-state index in [1.54, 1.807) is 0 Å². The molecule has 1 saturated carbocycles. The molecule has 1 unspecified atom stereocenters. The molecule has 1 saturated heterocycles. The van der Waals surface area contributed by atoms with Crippen molar-refractivity contribution in [2.24, 2.45) is 5.92 Å². The van der Waals surface area contributed by atoms with E-state index in [9.17, 15) is 9.59 Å². The van der Waals surface area contributed by atoms with Gasteiger partial charge in [-0.3, -0.25) is 14.9 Å². The maximum absolute atomic E-state index is 12.6. The summed E-state index contributed by atoms with van der Waals surface area (Å²) in [7, 11) is 0. The van der Waals surface area contributed by atoms with Crippen LogP contribution in [0.15, 0.2) is 0 Å². The van der Waals surface area contributed by atoms with Gasteiger partial charge in [0.25, 0.3) is 5.91 Å². The minimum atomic E-state index is -0.341. The van der Waals surface area contributed by atoms with E-state index in [1.165, 1.54) is 24.2 Å². The fraction of sp³-hybridized carbons (Fsp3) is 0.706. The molecule has 1 aliphatic carbocycles. The first-order valence-corrected chi connectivity index (χ1v) is 9.72. The van der Waals surface area contributed by atoms with E-state index in [1.807, 2.05) is 4.90 Å². The number of nitrogens with zero attached hydrogens (tertiary/aromatic N) is 2. The van der Waals surface area contributed by atoms with Crippen LogP contribution < -0.4 is 5.32 Å². The molecule has 2 aliphatic heterocycles. The third-order valence-corrected chi connectivity index (χ3v) is 6.20. The number of hydrogen-bond donors (Lipinski definition) is 1. The number of thiazole rings is 1. The zero-order chi connectivity index (χ0) is 16.5. The number of amides is 2. The lowest BCUT2D eigenvalue weighted by molar-refractivity contribution is -0.136. The second-order valence-corrected chi connectivity index (χ2v) is 7.95. The Morgan fingerprint density at radius 2 is 2.04 bits per heavy atom. The maximum atomic E-state index is 12.6. The largest absolute Gasteiger partial charge is 0.368 e. The number of nitrogens with one attached hydrogen (secondary N) is 1. The number of hydrogen-bond acceptors (Lipinski definition) is 5. The Balaban J connectivity index is 1.40. The van der Waals surface area contributed by atoms with Gasteiger partial charge in [-0.15, -0.1) is 0 Å². The Labute approximate surface area is 145 Å². The summed E-state index contributed by atoms with van der Waals surface area (Å²) in [6.45, 7) is 2.04. The number of anilines is 1. The second kappa shape index (κ2) is 6.80. The minimum Gasteiger partial charge on any atom is -0.368 e. The van der Waals surface area contributed by atoms with Crippen LogP contribution in [0.25, 0.3) is 0 Å². The standard InChI is InChI=1S/C17H23N3O3S/c21-15(13-6-3-9-23-13)19-17-18-12-7-8-20(10-14(12)24-17)16(22)11-4-1-2-5-11/h11,13H,1-10H2,(H,18,19,21). The average molecular weight is 349 g/mol. The summed E-state index contributed by atoms with van der Waals surface area (Å²) in [6, 6.07) is 0. The highest BCUT2D eigenvalue weighted by molar-refractivity contribution is 7.15. The summed E-state index contributed by atoms with van der Waals surface area (Å²) in [6.07, 6.45) is 6.57. The molecule has 6 nitrogen and oxygen atoms in total. The fourth-order valence-electron chi connectivity index (χ4n) is 3.84. The Morgan fingerprint density at radius 1 is 1.21 bits per heavy atom. The van der Waals surface area contributed by atoms with E-state index < -0.39 is 0 Å². The summed E-state index contributed by atoms with van der Waals surface area (Å²) >= 11 is 1.49. The number of rotatable bonds is 3. The average Bonchev–Trinajstić information content (AvgIpc) is 3.32. The molecule has 3 aliphatic rings. The fourth-order valence-corrected chi connectivity index (χ4v) is 4.87. The summed E-state index contributed by atoms with van der Waals surface area (Å²) in [5.74, 6) is 0.423.